The lowest BCUT2D eigenvalue weighted by Crippen LogP contribution is -2.42. The van der Waals surface area contributed by atoms with E-state index in [2.05, 4.69) is 20.8 Å². The first-order valence-electron chi connectivity index (χ1n) is 6.38. The molecule has 0 bridgehead atoms. The van der Waals surface area contributed by atoms with Crippen LogP contribution in [0.1, 0.15) is 19.8 Å². The molecule has 1 fully saturated rings. The molecule has 0 aromatic carbocycles. The Hall–Kier alpha value is -1.99. The lowest BCUT2D eigenvalue weighted by Gasteiger charge is -2.31. The van der Waals surface area contributed by atoms with Crippen LogP contribution >= 0.6 is 0 Å². The van der Waals surface area contributed by atoms with Gasteiger partial charge in [0.15, 0.2) is 0 Å². The van der Waals surface area contributed by atoms with Crippen LogP contribution in [0.15, 0.2) is 6.33 Å². The maximum atomic E-state index is 12.0. The second-order valence-electron chi connectivity index (χ2n) is 4.77. The van der Waals surface area contributed by atoms with E-state index in [4.69, 9.17) is 0 Å². The molecule has 0 spiro atoms. The standard InChI is InChI=1S/C11H18N6O2/c1-9(18)12-6-10-2-4-16(5-3-10)11(19)7-17-8-13-14-15-17/h8,10H,2-7H2,1H3,(H,12,18). The van der Waals surface area contributed by atoms with Crippen molar-refractivity contribution in [2.75, 3.05) is 19.6 Å². The Morgan fingerprint density at radius 2 is 2.11 bits per heavy atom. The summed E-state index contributed by atoms with van der Waals surface area (Å²) in [6, 6.07) is 0. The molecule has 1 aliphatic rings. The Morgan fingerprint density at radius 1 is 1.37 bits per heavy atom. The molecular formula is C11H18N6O2. The first-order valence-corrected chi connectivity index (χ1v) is 6.38. The highest BCUT2D eigenvalue weighted by atomic mass is 16.2. The zero-order chi connectivity index (χ0) is 13.7. The summed E-state index contributed by atoms with van der Waals surface area (Å²) in [5.41, 5.74) is 0. The number of tetrazole rings is 1. The number of carbonyl (C=O) groups is 2. The SMILES string of the molecule is CC(=O)NCC1CCN(C(=O)Cn2cnnn2)CC1. The maximum absolute atomic E-state index is 12.0. The number of hydrogen-bond donors (Lipinski definition) is 1. The van der Waals surface area contributed by atoms with Gasteiger partial charge in [0.1, 0.15) is 12.9 Å². The molecule has 1 N–H and O–H groups in total. The number of rotatable bonds is 4. The van der Waals surface area contributed by atoms with E-state index < -0.39 is 0 Å². The molecule has 1 saturated heterocycles. The fourth-order valence-corrected chi connectivity index (χ4v) is 2.17. The lowest BCUT2D eigenvalue weighted by molar-refractivity contribution is -0.133. The summed E-state index contributed by atoms with van der Waals surface area (Å²) in [6.45, 7) is 3.86. The van der Waals surface area contributed by atoms with Crippen molar-refractivity contribution in [2.45, 2.75) is 26.3 Å². The average molecular weight is 266 g/mol. The zero-order valence-electron chi connectivity index (χ0n) is 10.9. The second kappa shape index (κ2) is 6.26. The summed E-state index contributed by atoms with van der Waals surface area (Å²) in [5.74, 6) is 0.489. The maximum Gasteiger partial charge on any atom is 0.244 e. The minimum absolute atomic E-state index is 0.00260. The number of amides is 2. The molecular weight excluding hydrogens is 248 g/mol. The lowest BCUT2D eigenvalue weighted by atomic mass is 9.97. The van der Waals surface area contributed by atoms with Gasteiger partial charge in [-0.25, -0.2) is 4.68 Å². The third-order valence-electron chi connectivity index (χ3n) is 3.30. The minimum Gasteiger partial charge on any atom is -0.356 e. The van der Waals surface area contributed by atoms with Crippen molar-refractivity contribution in [1.82, 2.24) is 30.4 Å². The van der Waals surface area contributed by atoms with Gasteiger partial charge in [-0.05, 0) is 29.2 Å². The highest BCUT2D eigenvalue weighted by Crippen LogP contribution is 2.16. The third kappa shape index (κ3) is 4.01. The van der Waals surface area contributed by atoms with Crippen molar-refractivity contribution in [1.29, 1.82) is 0 Å². The zero-order valence-corrected chi connectivity index (χ0v) is 10.9. The molecule has 2 rings (SSSR count). The molecule has 8 nitrogen and oxygen atoms in total. The van der Waals surface area contributed by atoms with Gasteiger partial charge in [0.2, 0.25) is 11.8 Å². The Morgan fingerprint density at radius 3 is 2.68 bits per heavy atom. The van der Waals surface area contributed by atoms with Crippen LogP contribution in [0, 0.1) is 5.92 Å². The summed E-state index contributed by atoms with van der Waals surface area (Å²) in [6.07, 6.45) is 3.27. The van der Waals surface area contributed by atoms with Crippen molar-refractivity contribution in [3.8, 4) is 0 Å². The number of likely N-dealkylation sites (tertiary alicyclic amines) is 1. The molecule has 2 amide bonds. The van der Waals surface area contributed by atoms with Gasteiger partial charge in [0.05, 0.1) is 0 Å². The van der Waals surface area contributed by atoms with Crippen LogP contribution in [-0.2, 0) is 16.1 Å². The fourth-order valence-electron chi connectivity index (χ4n) is 2.17. The van der Waals surface area contributed by atoms with E-state index in [0.717, 1.165) is 25.9 Å². The topological polar surface area (TPSA) is 93.0 Å². The van der Waals surface area contributed by atoms with E-state index in [9.17, 15) is 9.59 Å². The summed E-state index contributed by atoms with van der Waals surface area (Å²) in [4.78, 5) is 24.6. The number of piperidine rings is 1. The minimum atomic E-state index is -0.00260. The number of carbonyl (C=O) groups excluding carboxylic acids is 2. The van der Waals surface area contributed by atoms with Gasteiger partial charge in [0.25, 0.3) is 0 Å². The van der Waals surface area contributed by atoms with Gasteiger partial charge in [-0.2, -0.15) is 0 Å². The predicted molar refractivity (Wildman–Crippen MR) is 65.8 cm³/mol. The smallest absolute Gasteiger partial charge is 0.244 e. The molecule has 2 heterocycles. The summed E-state index contributed by atoms with van der Waals surface area (Å²) >= 11 is 0. The second-order valence-corrected chi connectivity index (χ2v) is 4.77. The summed E-state index contributed by atoms with van der Waals surface area (Å²) in [7, 11) is 0. The van der Waals surface area contributed by atoms with Crippen LogP contribution in [0.4, 0.5) is 0 Å². The van der Waals surface area contributed by atoms with Gasteiger partial charge in [-0.15, -0.1) is 5.10 Å². The van der Waals surface area contributed by atoms with Crippen LogP contribution in [0.5, 0.6) is 0 Å². The average Bonchev–Trinajstić information content (AvgIpc) is 2.89. The van der Waals surface area contributed by atoms with Gasteiger partial charge >= 0.3 is 0 Å². The van der Waals surface area contributed by atoms with E-state index in [1.807, 2.05) is 4.90 Å². The van der Waals surface area contributed by atoms with Crippen LogP contribution in [0.3, 0.4) is 0 Å². The molecule has 19 heavy (non-hydrogen) atoms. The molecule has 0 radical (unpaired) electrons. The van der Waals surface area contributed by atoms with Crippen LogP contribution < -0.4 is 5.32 Å². The number of hydrogen-bond acceptors (Lipinski definition) is 5. The van der Waals surface area contributed by atoms with Crippen molar-refractivity contribution in [3.63, 3.8) is 0 Å². The molecule has 0 unspecified atom stereocenters. The molecule has 0 atom stereocenters. The van der Waals surface area contributed by atoms with E-state index >= 15 is 0 Å². The van der Waals surface area contributed by atoms with Crippen LogP contribution in [0.25, 0.3) is 0 Å². The van der Waals surface area contributed by atoms with Gasteiger partial charge in [-0.1, -0.05) is 0 Å². The highest BCUT2D eigenvalue weighted by Gasteiger charge is 2.23. The molecule has 0 saturated carbocycles. The van der Waals surface area contributed by atoms with Crippen molar-refractivity contribution >= 4 is 11.8 Å². The van der Waals surface area contributed by atoms with Gasteiger partial charge in [-0.3, -0.25) is 9.59 Å². The first-order chi connectivity index (χ1) is 9.15. The fraction of sp³-hybridized carbons (Fsp3) is 0.727. The molecule has 104 valence electrons. The molecule has 0 aliphatic carbocycles. The molecule has 8 heteroatoms. The summed E-state index contributed by atoms with van der Waals surface area (Å²) in [5, 5.41) is 13.5. The monoisotopic (exact) mass is 266 g/mol. The number of nitrogens with one attached hydrogen (secondary N) is 1. The first kappa shape index (κ1) is 13.4. The van der Waals surface area contributed by atoms with Gasteiger partial charge < -0.3 is 10.2 Å². The largest absolute Gasteiger partial charge is 0.356 e. The predicted octanol–water partition coefficient (Wildman–Crippen LogP) is -0.952. The molecule has 1 aromatic rings. The van der Waals surface area contributed by atoms with Crippen molar-refractivity contribution in [2.24, 2.45) is 5.92 Å². The summed E-state index contributed by atoms with van der Waals surface area (Å²) < 4.78 is 1.42. The van der Waals surface area contributed by atoms with Crippen LogP contribution in [-0.4, -0.2) is 56.6 Å². The highest BCUT2D eigenvalue weighted by molar-refractivity contribution is 5.76. The van der Waals surface area contributed by atoms with Crippen LogP contribution in [0.2, 0.25) is 0 Å². The van der Waals surface area contributed by atoms with E-state index in [-0.39, 0.29) is 18.4 Å². The molecule has 1 aromatic heterocycles. The Labute approximate surface area is 111 Å². The Bertz CT molecular complexity index is 424. The van der Waals surface area contributed by atoms with E-state index in [1.54, 1.807) is 0 Å². The molecule has 1 aliphatic heterocycles. The van der Waals surface area contributed by atoms with E-state index in [1.165, 1.54) is 17.9 Å². The Kier molecular flexibility index (Phi) is 4.43. The normalized spacial score (nSPS) is 16.4. The van der Waals surface area contributed by atoms with Crippen molar-refractivity contribution < 1.29 is 9.59 Å². The third-order valence-corrected chi connectivity index (χ3v) is 3.30. The number of aromatic nitrogens is 4. The van der Waals surface area contributed by atoms with Crippen molar-refractivity contribution in [3.05, 3.63) is 6.33 Å². The number of nitrogens with zero attached hydrogens (tertiary/aromatic N) is 5. The van der Waals surface area contributed by atoms with Gasteiger partial charge in [0, 0.05) is 26.6 Å². The van der Waals surface area contributed by atoms with E-state index in [0.29, 0.717) is 12.5 Å². The quantitative estimate of drug-likeness (QED) is 0.758. The Balaban J connectivity index is 1.73.